The maximum absolute atomic E-state index is 12.7. The Balaban J connectivity index is 0.00000264. The summed E-state index contributed by atoms with van der Waals surface area (Å²) >= 11 is 0. The van der Waals surface area contributed by atoms with Crippen molar-refractivity contribution in [1.82, 2.24) is 15.1 Å². The molecule has 0 aromatic heterocycles. The van der Waals surface area contributed by atoms with E-state index in [4.69, 9.17) is 0 Å². The molecule has 1 heterocycles. The number of hydrogen-bond donors (Lipinski definition) is 1. The molecule has 1 aromatic rings. The quantitative estimate of drug-likeness (QED) is 0.899. The van der Waals surface area contributed by atoms with Gasteiger partial charge < -0.3 is 15.1 Å². The first-order valence-corrected chi connectivity index (χ1v) is 7.72. The highest BCUT2D eigenvalue weighted by atomic mass is 35.5. The van der Waals surface area contributed by atoms with E-state index < -0.39 is 5.41 Å². The highest BCUT2D eigenvalue weighted by molar-refractivity contribution is 5.90. The Morgan fingerprint density at radius 2 is 1.74 bits per heavy atom. The molecule has 2 amide bonds. The molecule has 0 atom stereocenters. The molecule has 0 aliphatic carbocycles. The van der Waals surface area contributed by atoms with E-state index in [1.54, 1.807) is 7.05 Å². The third-order valence-corrected chi connectivity index (χ3v) is 4.22. The first kappa shape index (κ1) is 19.5. The van der Waals surface area contributed by atoms with Crippen molar-refractivity contribution >= 4 is 24.2 Å². The summed E-state index contributed by atoms with van der Waals surface area (Å²) in [5, 5.41) is 3.22. The molecule has 0 saturated carbocycles. The van der Waals surface area contributed by atoms with Crippen LogP contribution in [0.25, 0.3) is 0 Å². The zero-order chi connectivity index (χ0) is 16.2. The second kappa shape index (κ2) is 8.31. The summed E-state index contributed by atoms with van der Waals surface area (Å²) in [5.41, 5.74) is 0.321. The minimum absolute atomic E-state index is 0. The normalized spacial score (nSPS) is 14.8. The van der Waals surface area contributed by atoms with Crippen LogP contribution in [0, 0.1) is 0 Å². The molecule has 0 radical (unpaired) electrons. The smallest absolute Gasteiger partial charge is 0.242 e. The fourth-order valence-electron chi connectivity index (χ4n) is 2.74. The SMILES string of the molecule is CN(CC(=O)N1CCNCC1)C(=O)C(C)(C)c1ccccc1.Cl. The summed E-state index contributed by atoms with van der Waals surface area (Å²) in [6.07, 6.45) is 0. The van der Waals surface area contributed by atoms with E-state index >= 15 is 0 Å². The number of rotatable bonds is 4. The molecule has 2 rings (SSSR count). The summed E-state index contributed by atoms with van der Waals surface area (Å²) < 4.78 is 0. The van der Waals surface area contributed by atoms with Crippen molar-refractivity contribution in [3.63, 3.8) is 0 Å². The Kier molecular flexibility index (Phi) is 7.03. The number of nitrogens with one attached hydrogen (secondary N) is 1. The lowest BCUT2D eigenvalue weighted by Crippen LogP contribution is -2.51. The number of piperazine rings is 1. The van der Waals surface area contributed by atoms with Gasteiger partial charge in [-0.15, -0.1) is 12.4 Å². The van der Waals surface area contributed by atoms with E-state index in [0.717, 1.165) is 18.7 Å². The molecule has 128 valence electrons. The van der Waals surface area contributed by atoms with Crippen LogP contribution in [0.3, 0.4) is 0 Å². The maximum Gasteiger partial charge on any atom is 0.242 e. The van der Waals surface area contributed by atoms with Crippen molar-refractivity contribution < 1.29 is 9.59 Å². The van der Waals surface area contributed by atoms with Crippen LogP contribution in [0.15, 0.2) is 30.3 Å². The van der Waals surface area contributed by atoms with Crippen molar-refractivity contribution in [2.75, 3.05) is 39.8 Å². The lowest BCUT2D eigenvalue weighted by atomic mass is 9.83. The van der Waals surface area contributed by atoms with Gasteiger partial charge in [-0.05, 0) is 19.4 Å². The minimum Gasteiger partial charge on any atom is -0.339 e. The molecule has 23 heavy (non-hydrogen) atoms. The summed E-state index contributed by atoms with van der Waals surface area (Å²) in [7, 11) is 1.70. The molecule has 1 aliphatic rings. The summed E-state index contributed by atoms with van der Waals surface area (Å²) in [5.74, 6) is -0.0246. The molecular weight excluding hydrogens is 314 g/mol. The molecule has 0 spiro atoms. The van der Waals surface area contributed by atoms with Gasteiger partial charge in [-0.3, -0.25) is 9.59 Å². The van der Waals surface area contributed by atoms with Gasteiger partial charge in [0.1, 0.15) is 0 Å². The predicted molar refractivity (Wildman–Crippen MR) is 93.8 cm³/mol. The van der Waals surface area contributed by atoms with Crippen LogP contribution in [0.1, 0.15) is 19.4 Å². The molecule has 1 aliphatic heterocycles. The summed E-state index contributed by atoms with van der Waals surface area (Å²) in [6, 6.07) is 9.68. The van der Waals surface area contributed by atoms with Crippen LogP contribution >= 0.6 is 12.4 Å². The third-order valence-electron chi connectivity index (χ3n) is 4.22. The van der Waals surface area contributed by atoms with Crippen molar-refractivity contribution in [2.45, 2.75) is 19.3 Å². The largest absolute Gasteiger partial charge is 0.339 e. The summed E-state index contributed by atoms with van der Waals surface area (Å²) in [4.78, 5) is 28.4. The second-order valence-corrected chi connectivity index (χ2v) is 6.28. The number of halogens is 1. The number of benzene rings is 1. The number of nitrogens with zero attached hydrogens (tertiary/aromatic N) is 2. The predicted octanol–water partition coefficient (Wildman–Crippen LogP) is 1.28. The average Bonchev–Trinajstić information content (AvgIpc) is 2.55. The van der Waals surface area contributed by atoms with E-state index in [9.17, 15) is 9.59 Å². The van der Waals surface area contributed by atoms with Gasteiger partial charge in [0.25, 0.3) is 0 Å². The Morgan fingerprint density at radius 1 is 1.17 bits per heavy atom. The number of amides is 2. The number of likely N-dealkylation sites (N-methyl/N-ethyl adjacent to an activating group) is 1. The Morgan fingerprint density at radius 3 is 2.30 bits per heavy atom. The molecule has 0 unspecified atom stereocenters. The lowest BCUT2D eigenvalue weighted by Gasteiger charge is -2.32. The molecular formula is C17H26ClN3O2. The van der Waals surface area contributed by atoms with E-state index in [1.807, 2.05) is 49.1 Å². The van der Waals surface area contributed by atoms with Gasteiger partial charge in [0, 0.05) is 33.2 Å². The fraction of sp³-hybridized carbons (Fsp3) is 0.529. The van der Waals surface area contributed by atoms with Crippen molar-refractivity contribution in [2.24, 2.45) is 0 Å². The van der Waals surface area contributed by atoms with Gasteiger partial charge in [-0.25, -0.2) is 0 Å². The molecule has 5 nitrogen and oxygen atoms in total. The van der Waals surface area contributed by atoms with Gasteiger partial charge >= 0.3 is 0 Å². The van der Waals surface area contributed by atoms with Crippen molar-refractivity contribution in [1.29, 1.82) is 0 Å². The van der Waals surface area contributed by atoms with Crippen molar-refractivity contribution in [3.05, 3.63) is 35.9 Å². The van der Waals surface area contributed by atoms with Gasteiger partial charge in [0.05, 0.1) is 12.0 Å². The van der Waals surface area contributed by atoms with Crippen LogP contribution in [0.4, 0.5) is 0 Å². The van der Waals surface area contributed by atoms with E-state index in [-0.39, 0.29) is 30.8 Å². The molecule has 1 aromatic carbocycles. The van der Waals surface area contributed by atoms with Crippen molar-refractivity contribution in [3.8, 4) is 0 Å². The van der Waals surface area contributed by atoms with Crippen LogP contribution < -0.4 is 5.32 Å². The molecule has 1 N–H and O–H groups in total. The number of hydrogen-bond acceptors (Lipinski definition) is 3. The highest BCUT2D eigenvalue weighted by Gasteiger charge is 2.33. The highest BCUT2D eigenvalue weighted by Crippen LogP contribution is 2.25. The van der Waals surface area contributed by atoms with Gasteiger partial charge in [-0.2, -0.15) is 0 Å². The van der Waals surface area contributed by atoms with E-state index in [0.29, 0.717) is 13.1 Å². The Hall–Kier alpha value is -1.59. The maximum atomic E-state index is 12.7. The second-order valence-electron chi connectivity index (χ2n) is 6.28. The zero-order valence-corrected chi connectivity index (χ0v) is 14.9. The van der Waals surface area contributed by atoms with E-state index in [1.165, 1.54) is 4.90 Å². The van der Waals surface area contributed by atoms with Crippen LogP contribution in [0.5, 0.6) is 0 Å². The minimum atomic E-state index is -0.639. The first-order chi connectivity index (χ1) is 10.4. The number of carbonyl (C=O) groups excluding carboxylic acids is 2. The Bertz CT molecular complexity index is 528. The average molecular weight is 340 g/mol. The van der Waals surface area contributed by atoms with Gasteiger partial charge in [0.15, 0.2) is 0 Å². The van der Waals surface area contributed by atoms with E-state index in [2.05, 4.69) is 5.32 Å². The molecule has 1 fully saturated rings. The lowest BCUT2D eigenvalue weighted by molar-refractivity contribution is -0.142. The molecule has 6 heteroatoms. The third kappa shape index (κ3) is 4.69. The van der Waals surface area contributed by atoms with Crippen LogP contribution in [0.2, 0.25) is 0 Å². The van der Waals surface area contributed by atoms with Gasteiger partial charge in [0.2, 0.25) is 11.8 Å². The zero-order valence-electron chi connectivity index (χ0n) is 14.0. The van der Waals surface area contributed by atoms with Crippen LogP contribution in [-0.4, -0.2) is 61.4 Å². The summed E-state index contributed by atoms with van der Waals surface area (Å²) in [6.45, 7) is 6.99. The fourth-order valence-corrected chi connectivity index (χ4v) is 2.74. The van der Waals surface area contributed by atoms with Gasteiger partial charge in [-0.1, -0.05) is 30.3 Å². The monoisotopic (exact) mass is 339 g/mol. The standard InChI is InChI=1S/C17H25N3O2.ClH/c1-17(2,14-7-5-4-6-8-14)16(22)19(3)13-15(21)20-11-9-18-10-12-20;/h4-8,18H,9-13H2,1-3H3;1H. The first-order valence-electron chi connectivity index (χ1n) is 7.72. The number of carbonyl (C=O) groups is 2. The van der Waals surface area contributed by atoms with Crippen LogP contribution in [-0.2, 0) is 15.0 Å². The molecule has 1 saturated heterocycles. The Labute approximate surface area is 144 Å². The topological polar surface area (TPSA) is 52.7 Å². The molecule has 0 bridgehead atoms.